The number of hydrogen-bond acceptors (Lipinski definition) is 4. The van der Waals surface area contributed by atoms with Gasteiger partial charge in [0.2, 0.25) is 0 Å². The molecule has 2 rings (SSSR count). The number of amides is 1. The number of anilines is 1. The van der Waals surface area contributed by atoms with Gasteiger partial charge in [-0.05, 0) is 35.9 Å². The molecule has 0 aromatic heterocycles. The minimum atomic E-state index is -3.16. The highest BCUT2D eigenvalue weighted by atomic mass is 35.5. The minimum absolute atomic E-state index is 0.0820. The average Bonchev–Trinajstić information content (AvgIpc) is 2.46. The summed E-state index contributed by atoms with van der Waals surface area (Å²) in [5.41, 5.74) is 0.827. The summed E-state index contributed by atoms with van der Waals surface area (Å²) in [7, 11) is -3.16. The smallest absolute Gasteiger partial charge is 0.337 e. The highest BCUT2D eigenvalue weighted by molar-refractivity contribution is 7.89. The summed E-state index contributed by atoms with van der Waals surface area (Å²) in [5.74, 6) is -1.83. The van der Waals surface area contributed by atoms with Crippen LogP contribution in [0.2, 0.25) is 5.02 Å². The van der Waals surface area contributed by atoms with Crippen LogP contribution in [0.1, 0.15) is 26.3 Å². The number of carbonyl (C=O) groups is 2. The topological polar surface area (TPSA) is 101 Å². The molecule has 0 radical (unpaired) electrons. The quantitative estimate of drug-likeness (QED) is 0.846. The van der Waals surface area contributed by atoms with Crippen LogP contribution in [-0.4, -0.2) is 31.7 Å². The predicted octanol–water partition coefficient (Wildman–Crippen LogP) is 2.84. The van der Waals surface area contributed by atoms with Crippen molar-refractivity contribution in [3.8, 4) is 0 Å². The van der Waals surface area contributed by atoms with Gasteiger partial charge >= 0.3 is 5.97 Å². The lowest BCUT2D eigenvalue weighted by atomic mass is 10.1. The van der Waals surface area contributed by atoms with Crippen molar-refractivity contribution in [1.82, 2.24) is 0 Å². The second-order valence-corrected chi connectivity index (χ2v) is 7.79. The molecule has 0 aliphatic rings. The van der Waals surface area contributed by atoms with Crippen LogP contribution in [0, 0.1) is 0 Å². The van der Waals surface area contributed by atoms with Gasteiger partial charge in [0, 0.05) is 16.8 Å². The molecule has 2 aromatic carbocycles. The SMILES string of the molecule is CS(=O)(=O)Cc1ccc(C(=O)Nc2cc(Cl)ccc2C(=O)O)cc1. The molecule has 2 aromatic rings. The summed E-state index contributed by atoms with van der Waals surface area (Å²) in [5, 5.41) is 11.9. The van der Waals surface area contributed by atoms with E-state index in [0.29, 0.717) is 10.6 Å². The molecule has 0 saturated heterocycles. The summed E-state index contributed by atoms with van der Waals surface area (Å²) in [6, 6.07) is 10.1. The first-order valence-corrected chi connectivity index (χ1v) is 9.20. The molecule has 126 valence electrons. The van der Waals surface area contributed by atoms with Gasteiger partial charge in [-0.3, -0.25) is 4.79 Å². The molecular formula is C16H14ClNO5S. The molecule has 2 N–H and O–H groups in total. The maximum atomic E-state index is 12.2. The Kier molecular flexibility index (Phi) is 5.26. The van der Waals surface area contributed by atoms with E-state index in [1.165, 1.54) is 42.5 Å². The van der Waals surface area contributed by atoms with Crippen LogP contribution in [0.3, 0.4) is 0 Å². The Labute approximate surface area is 144 Å². The Morgan fingerprint density at radius 2 is 1.75 bits per heavy atom. The zero-order valence-corrected chi connectivity index (χ0v) is 14.2. The van der Waals surface area contributed by atoms with E-state index < -0.39 is 21.7 Å². The first-order chi connectivity index (χ1) is 11.2. The highest BCUT2D eigenvalue weighted by Gasteiger charge is 2.14. The molecule has 0 saturated carbocycles. The Hall–Kier alpha value is -2.38. The van der Waals surface area contributed by atoms with Crippen molar-refractivity contribution < 1.29 is 23.1 Å². The van der Waals surface area contributed by atoms with E-state index in [0.717, 1.165) is 6.26 Å². The van der Waals surface area contributed by atoms with E-state index in [-0.39, 0.29) is 22.6 Å². The second kappa shape index (κ2) is 7.02. The van der Waals surface area contributed by atoms with Crippen molar-refractivity contribution in [1.29, 1.82) is 0 Å². The maximum Gasteiger partial charge on any atom is 0.337 e. The van der Waals surface area contributed by atoms with Crippen molar-refractivity contribution in [2.45, 2.75) is 5.75 Å². The van der Waals surface area contributed by atoms with Gasteiger partial charge in [-0.15, -0.1) is 0 Å². The van der Waals surface area contributed by atoms with Gasteiger partial charge < -0.3 is 10.4 Å². The van der Waals surface area contributed by atoms with Crippen molar-refractivity contribution in [2.24, 2.45) is 0 Å². The summed E-state index contributed by atoms with van der Waals surface area (Å²) in [6.07, 6.45) is 1.13. The fraction of sp³-hybridized carbons (Fsp3) is 0.125. The summed E-state index contributed by atoms with van der Waals surface area (Å²) >= 11 is 5.83. The van der Waals surface area contributed by atoms with E-state index in [2.05, 4.69) is 5.32 Å². The molecule has 24 heavy (non-hydrogen) atoms. The van der Waals surface area contributed by atoms with Crippen LogP contribution < -0.4 is 5.32 Å². The van der Waals surface area contributed by atoms with Crippen LogP contribution in [0.25, 0.3) is 0 Å². The Balaban J connectivity index is 2.21. The fourth-order valence-corrected chi connectivity index (χ4v) is 3.03. The number of aromatic carboxylic acids is 1. The molecular weight excluding hydrogens is 354 g/mol. The number of carboxylic acid groups (broad SMARTS) is 1. The van der Waals surface area contributed by atoms with Crippen molar-refractivity contribution >= 4 is 39.0 Å². The van der Waals surface area contributed by atoms with Gasteiger partial charge in [0.05, 0.1) is 17.0 Å². The minimum Gasteiger partial charge on any atom is -0.478 e. The van der Waals surface area contributed by atoms with E-state index in [4.69, 9.17) is 16.7 Å². The highest BCUT2D eigenvalue weighted by Crippen LogP contribution is 2.22. The third-order valence-electron chi connectivity index (χ3n) is 3.11. The van der Waals surface area contributed by atoms with Gasteiger partial charge in [0.25, 0.3) is 5.91 Å². The van der Waals surface area contributed by atoms with Gasteiger partial charge in [0.1, 0.15) is 0 Å². The second-order valence-electron chi connectivity index (χ2n) is 5.22. The molecule has 8 heteroatoms. The van der Waals surface area contributed by atoms with Crippen LogP contribution in [-0.2, 0) is 15.6 Å². The Morgan fingerprint density at radius 1 is 1.12 bits per heavy atom. The number of halogens is 1. The molecule has 0 bridgehead atoms. The van der Waals surface area contributed by atoms with Crippen molar-refractivity contribution in [2.75, 3.05) is 11.6 Å². The average molecular weight is 368 g/mol. The Morgan fingerprint density at radius 3 is 2.29 bits per heavy atom. The molecule has 6 nitrogen and oxygen atoms in total. The largest absolute Gasteiger partial charge is 0.478 e. The summed E-state index contributed by atoms with van der Waals surface area (Å²) in [6.45, 7) is 0. The lowest BCUT2D eigenvalue weighted by Gasteiger charge is -2.09. The lowest BCUT2D eigenvalue weighted by Crippen LogP contribution is -2.15. The zero-order chi connectivity index (χ0) is 17.9. The molecule has 0 fully saturated rings. The number of benzene rings is 2. The lowest BCUT2D eigenvalue weighted by molar-refractivity contribution is 0.0698. The number of rotatable bonds is 5. The first kappa shape index (κ1) is 18.0. The number of nitrogens with one attached hydrogen (secondary N) is 1. The van der Waals surface area contributed by atoms with Gasteiger partial charge in [-0.2, -0.15) is 0 Å². The first-order valence-electron chi connectivity index (χ1n) is 6.76. The number of sulfone groups is 1. The standard InChI is InChI=1S/C16H14ClNO5S/c1-24(22,23)9-10-2-4-11(5-3-10)15(19)18-14-8-12(17)6-7-13(14)16(20)21/h2-8H,9H2,1H3,(H,18,19)(H,20,21). The Bertz CT molecular complexity index is 891. The van der Waals surface area contributed by atoms with Crippen LogP contribution >= 0.6 is 11.6 Å². The molecule has 1 amide bonds. The fourth-order valence-electron chi connectivity index (χ4n) is 2.06. The maximum absolute atomic E-state index is 12.2. The van der Waals surface area contributed by atoms with Crippen LogP contribution in [0.5, 0.6) is 0 Å². The molecule has 0 atom stereocenters. The molecule has 0 aliphatic heterocycles. The molecule has 0 heterocycles. The van der Waals surface area contributed by atoms with E-state index in [1.807, 2.05) is 0 Å². The normalized spacial score (nSPS) is 11.1. The number of carbonyl (C=O) groups excluding carboxylic acids is 1. The number of hydrogen-bond donors (Lipinski definition) is 2. The zero-order valence-electron chi connectivity index (χ0n) is 12.6. The van der Waals surface area contributed by atoms with E-state index in [1.54, 1.807) is 0 Å². The molecule has 0 aliphatic carbocycles. The third-order valence-corrected chi connectivity index (χ3v) is 4.20. The van der Waals surface area contributed by atoms with Crippen LogP contribution in [0.15, 0.2) is 42.5 Å². The van der Waals surface area contributed by atoms with E-state index in [9.17, 15) is 18.0 Å². The molecule has 0 unspecified atom stereocenters. The van der Waals surface area contributed by atoms with Gasteiger partial charge in [-0.25, -0.2) is 13.2 Å². The third kappa shape index (κ3) is 4.81. The monoisotopic (exact) mass is 367 g/mol. The van der Waals surface area contributed by atoms with Crippen molar-refractivity contribution in [3.63, 3.8) is 0 Å². The summed E-state index contributed by atoms with van der Waals surface area (Å²) in [4.78, 5) is 23.4. The number of carboxylic acids is 1. The van der Waals surface area contributed by atoms with Gasteiger partial charge in [0.15, 0.2) is 9.84 Å². The van der Waals surface area contributed by atoms with E-state index >= 15 is 0 Å². The predicted molar refractivity (Wildman–Crippen MR) is 91.4 cm³/mol. The molecule has 0 spiro atoms. The van der Waals surface area contributed by atoms with Crippen molar-refractivity contribution in [3.05, 3.63) is 64.2 Å². The van der Waals surface area contributed by atoms with Crippen LogP contribution in [0.4, 0.5) is 5.69 Å². The van der Waals surface area contributed by atoms with Gasteiger partial charge in [-0.1, -0.05) is 23.7 Å². The summed E-state index contributed by atoms with van der Waals surface area (Å²) < 4.78 is 22.5.